The highest BCUT2D eigenvalue weighted by Crippen LogP contribution is 2.28. The van der Waals surface area contributed by atoms with Gasteiger partial charge in [-0.1, -0.05) is 35.9 Å². The number of aryl methyl sites for hydroxylation is 3. The molecule has 4 rings (SSSR count). The molecule has 1 heterocycles. The van der Waals surface area contributed by atoms with Crippen LogP contribution in [-0.2, 0) is 0 Å². The van der Waals surface area contributed by atoms with Crippen LogP contribution in [0.1, 0.15) is 27.0 Å². The minimum atomic E-state index is -0.130. The molecule has 134 valence electrons. The first kappa shape index (κ1) is 17.0. The van der Waals surface area contributed by atoms with Crippen LogP contribution in [0, 0.1) is 20.8 Å². The fraction of sp³-hybridized carbons (Fsp3) is 0.130. The number of carbonyl (C=O) groups excluding carboxylic acids is 1. The normalized spacial score (nSPS) is 10.9. The minimum Gasteiger partial charge on any atom is -0.436 e. The Hall–Kier alpha value is -3.40. The number of fused-ring (bicyclic) bond motifs is 1. The maximum Gasteiger partial charge on any atom is 0.255 e. The van der Waals surface area contributed by atoms with Crippen molar-refractivity contribution in [2.24, 2.45) is 0 Å². The summed E-state index contributed by atoms with van der Waals surface area (Å²) in [6.07, 6.45) is 0. The van der Waals surface area contributed by atoms with Gasteiger partial charge in [-0.15, -0.1) is 0 Å². The third kappa shape index (κ3) is 3.34. The Bertz CT molecular complexity index is 1160. The standard InChI is InChI=1S/C23H20N2O2/c1-14-8-10-18(16(3)12-14)22(26)24-17-9-11-21-20(13-17)25-23(27-21)19-7-5-4-6-15(19)2/h4-13H,1-3H3,(H,24,26). The van der Waals surface area contributed by atoms with Crippen molar-refractivity contribution in [3.05, 3.63) is 82.9 Å². The van der Waals surface area contributed by atoms with Crippen LogP contribution in [-0.4, -0.2) is 10.9 Å². The van der Waals surface area contributed by atoms with E-state index < -0.39 is 0 Å². The fourth-order valence-corrected chi connectivity index (χ4v) is 3.20. The molecule has 0 unspecified atom stereocenters. The smallest absolute Gasteiger partial charge is 0.255 e. The van der Waals surface area contributed by atoms with Gasteiger partial charge in [-0.25, -0.2) is 4.98 Å². The summed E-state index contributed by atoms with van der Waals surface area (Å²) < 4.78 is 5.89. The van der Waals surface area contributed by atoms with Crippen LogP contribution >= 0.6 is 0 Å². The Kier molecular flexibility index (Phi) is 4.24. The summed E-state index contributed by atoms with van der Waals surface area (Å²) in [6.45, 7) is 5.98. The summed E-state index contributed by atoms with van der Waals surface area (Å²) in [6, 6.07) is 19.3. The lowest BCUT2D eigenvalue weighted by Gasteiger charge is -2.08. The van der Waals surface area contributed by atoms with Gasteiger partial charge < -0.3 is 9.73 Å². The van der Waals surface area contributed by atoms with Gasteiger partial charge in [0.2, 0.25) is 5.89 Å². The maximum atomic E-state index is 12.6. The molecule has 3 aromatic carbocycles. The molecule has 27 heavy (non-hydrogen) atoms. The molecule has 1 amide bonds. The van der Waals surface area contributed by atoms with Crippen LogP contribution in [0.25, 0.3) is 22.6 Å². The molecule has 0 saturated carbocycles. The van der Waals surface area contributed by atoms with E-state index >= 15 is 0 Å². The van der Waals surface area contributed by atoms with Crippen molar-refractivity contribution in [3.63, 3.8) is 0 Å². The highest BCUT2D eigenvalue weighted by molar-refractivity contribution is 6.05. The molecule has 4 aromatic rings. The summed E-state index contributed by atoms with van der Waals surface area (Å²) in [7, 11) is 0. The molecule has 0 atom stereocenters. The number of aromatic nitrogens is 1. The minimum absolute atomic E-state index is 0.130. The van der Waals surface area contributed by atoms with E-state index in [0.717, 1.165) is 22.3 Å². The Morgan fingerprint density at radius 2 is 1.74 bits per heavy atom. The molecule has 4 nitrogen and oxygen atoms in total. The van der Waals surface area contributed by atoms with E-state index in [1.165, 1.54) is 0 Å². The molecule has 0 aliphatic heterocycles. The van der Waals surface area contributed by atoms with E-state index in [-0.39, 0.29) is 5.91 Å². The molecule has 0 aliphatic rings. The summed E-state index contributed by atoms with van der Waals surface area (Å²) >= 11 is 0. The number of hydrogen-bond acceptors (Lipinski definition) is 3. The van der Waals surface area contributed by atoms with E-state index in [1.54, 1.807) is 0 Å². The van der Waals surface area contributed by atoms with Crippen LogP contribution < -0.4 is 5.32 Å². The third-order valence-corrected chi connectivity index (χ3v) is 4.65. The molecule has 0 fully saturated rings. The van der Waals surface area contributed by atoms with Crippen molar-refractivity contribution in [2.75, 3.05) is 5.32 Å². The van der Waals surface area contributed by atoms with Gasteiger partial charge in [-0.2, -0.15) is 0 Å². The quantitative estimate of drug-likeness (QED) is 0.514. The van der Waals surface area contributed by atoms with Gasteiger partial charge in [0.1, 0.15) is 5.52 Å². The predicted octanol–water partition coefficient (Wildman–Crippen LogP) is 5.67. The van der Waals surface area contributed by atoms with E-state index in [4.69, 9.17) is 4.42 Å². The second-order valence-electron chi connectivity index (χ2n) is 6.79. The zero-order valence-corrected chi connectivity index (χ0v) is 15.5. The number of oxazole rings is 1. The van der Waals surface area contributed by atoms with Gasteiger partial charge in [-0.3, -0.25) is 4.79 Å². The number of benzene rings is 3. The summed E-state index contributed by atoms with van der Waals surface area (Å²) in [5.74, 6) is 0.454. The first-order valence-corrected chi connectivity index (χ1v) is 8.86. The molecule has 1 aromatic heterocycles. The molecule has 0 bridgehead atoms. The largest absolute Gasteiger partial charge is 0.436 e. The molecular formula is C23H20N2O2. The van der Waals surface area contributed by atoms with E-state index in [2.05, 4.69) is 10.3 Å². The lowest BCUT2D eigenvalue weighted by atomic mass is 10.1. The number of nitrogens with zero attached hydrogens (tertiary/aromatic N) is 1. The highest BCUT2D eigenvalue weighted by atomic mass is 16.3. The number of anilines is 1. The van der Waals surface area contributed by atoms with Crippen LogP contribution in [0.4, 0.5) is 5.69 Å². The van der Waals surface area contributed by atoms with Crippen LogP contribution in [0.3, 0.4) is 0 Å². The van der Waals surface area contributed by atoms with Crippen LogP contribution in [0.15, 0.2) is 65.1 Å². The average Bonchev–Trinajstić information content (AvgIpc) is 3.05. The zero-order chi connectivity index (χ0) is 19.0. The van der Waals surface area contributed by atoms with Gasteiger partial charge in [0.15, 0.2) is 5.58 Å². The molecule has 4 heteroatoms. The topological polar surface area (TPSA) is 55.1 Å². The molecule has 0 saturated heterocycles. The number of hydrogen-bond donors (Lipinski definition) is 1. The molecule has 0 aliphatic carbocycles. The number of rotatable bonds is 3. The maximum absolute atomic E-state index is 12.6. The molecule has 0 radical (unpaired) electrons. The fourth-order valence-electron chi connectivity index (χ4n) is 3.20. The van der Waals surface area contributed by atoms with Crippen LogP contribution in [0.2, 0.25) is 0 Å². The molecule has 0 spiro atoms. The first-order valence-electron chi connectivity index (χ1n) is 8.86. The Balaban J connectivity index is 1.64. The van der Waals surface area contributed by atoms with E-state index in [0.29, 0.717) is 28.2 Å². The summed E-state index contributed by atoms with van der Waals surface area (Å²) in [4.78, 5) is 17.2. The highest BCUT2D eigenvalue weighted by Gasteiger charge is 2.13. The number of amides is 1. The molecule has 1 N–H and O–H groups in total. The molecular weight excluding hydrogens is 336 g/mol. The van der Waals surface area contributed by atoms with Crippen molar-refractivity contribution >= 4 is 22.7 Å². The van der Waals surface area contributed by atoms with Crippen molar-refractivity contribution in [1.82, 2.24) is 4.98 Å². The SMILES string of the molecule is Cc1ccc(C(=O)Nc2ccc3oc(-c4ccccc4C)nc3c2)c(C)c1. The Labute approximate surface area is 157 Å². The second-order valence-corrected chi connectivity index (χ2v) is 6.79. The summed E-state index contributed by atoms with van der Waals surface area (Å²) in [5.41, 5.74) is 6.93. The third-order valence-electron chi connectivity index (χ3n) is 4.65. The van der Waals surface area contributed by atoms with E-state index in [1.807, 2.05) is 81.4 Å². The van der Waals surface area contributed by atoms with Crippen LogP contribution in [0.5, 0.6) is 0 Å². The second kappa shape index (κ2) is 6.72. The zero-order valence-electron chi connectivity index (χ0n) is 15.5. The van der Waals surface area contributed by atoms with Gasteiger partial charge in [0, 0.05) is 16.8 Å². The monoisotopic (exact) mass is 356 g/mol. The Morgan fingerprint density at radius 3 is 2.52 bits per heavy atom. The van der Waals surface area contributed by atoms with Gasteiger partial charge in [0.05, 0.1) is 0 Å². The van der Waals surface area contributed by atoms with Gasteiger partial charge in [-0.05, 0) is 62.2 Å². The first-order chi connectivity index (χ1) is 13.0. The average molecular weight is 356 g/mol. The van der Waals surface area contributed by atoms with Crippen molar-refractivity contribution in [3.8, 4) is 11.5 Å². The lowest BCUT2D eigenvalue weighted by molar-refractivity contribution is 0.102. The Morgan fingerprint density at radius 1 is 0.926 bits per heavy atom. The number of carbonyl (C=O) groups is 1. The predicted molar refractivity (Wildman–Crippen MR) is 108 cm³/mol. The van der Waals surface area contributed by atoms with Gasteiger partial charge >= 0.3 is 0 Å². The van der Waals surface area contributed by atoms with E-state index in [9.17, 15) is 4.79 Å². The van der Waals surface area contributed by atoms with Gasteiger partial charge in [0.25, 0.3) is 5.91 Å². The lowest BCUT2D eigenvalue weighted by Crippen LogP contribution is -2.13. The van der Waals surface area contributed by atoms with Crippen molar-refractivity contribution in [1.29, 1.82) is 0 Å². The number of nitrogens with one attached hydrogen (secondary N) is 1. The van der Waals surface area contributed by atoms with Crippen molar-refractivity contribution in [2.45, 2.75) is 20.8 Å². The summed E-state index contributed by atoms with van der Waals surface area (Å²) in [5, 5.41) is 2.95. The van der Waals surface area contributed by atoms with Crippen molar-refractivity contribution < 1.29 is 9.21 Å².